The summed E-state index contributed by atoms with van der Waals surface area (Å²) in [5, 5.41) is 2.28. The number of hydrogen-bond donors (Lipinski definition) is 0. The van der Waals surface area contributed by atoms with Crippen molar-refractivity contribution >= 4 is 61.6 Å². The molecular weight excluding hydrogens is 974 g/mol. The Balaban J connectivity index is 0.00000533. The van der Waals surface area contributed by atoms with E-state index in [1.54, 1.807) is 0 Å². The van der Waals surface area contributed by atoms with Gasteiger partial charge in [0.15, 0.2) is 0 Å². The van der Waals surface area contributed by atoms with Crippen molar-refractivity contribution in [1.29, 1.82) is 0 Å². The zero-order valence-electron chi connectivity index (χ0n) is 38.4. The standard InChI is InChI=1S/C59H54N5.Pt/c1-57(2,3)43-34-44(58(4,5)6)36-49(35-43)62-40-61(53-28-17-18-29-54(53)62)46-24-19-25-47(38-46)63(45-22-13-10-14-23-45)48-30-31-51-50-26-15-16-27-52(50)64(55(51)39-48)56-37-42(32-33-60-56)59(7,8)41-20-11-9-12-21-41;/h9-37,40H,1-8H3;/q-3;. The molecular formula is C59H54N5Pt-3. The Hall–Kier alpha value is -6.42. The van der Waals surface area contributed by atoms with Gasteiger partial charge in [-0.05, 0) is 93.1 Å². The molecule has 2 aromatic heterocycles. The van der Waals surface area contributed by atoms with Crippen molar-refractivity contribution in [3.63, 3.8) is 0 Å². The molecule has 0 bridgehead atoms. The zero-order valence-corrected chi connectivity index (χ0v) is 40.6. The van der Waals surface area contributed by atoms with Crippen LogP contribution in [0.15, 0.2) is 176 Å². The third-order valence-electron chi connectivity index (χ3n) is 12.8. The number of fused-ring (bicyclic) bond motifs is 4. The van der Waals surface area contributed by atoms with Gasteiger partial charge in [0.05, 0.1) is 0 Å². The Morgan fingerprint density at radius 2 is 1.12 bits per heavy atom. The van der Waals surface area contributed by atoms with Crippen LogP contribution in [0.5, 0.6) is 0 Å². The fraction of sp³-hybridized carbons (Fsp3) is 0.186. The van der Waals surface area contributed by atoms with Crippen LogP contribution in [0.1, 0.15) is 77.6 Å². The number of rotatable bonds is 8. The number of benzene rings is 7. The van der Waals surface area contributed by atoms with Gasteiger partial charge in [-0.2, -0.15) is 12.1 Å². The molecule has 65 heavy (non-hydrogen) atoms. The number of para-hydroxylation sites is 4. The van der Waals surface area contributed by atoms with Crippen LogP contribution in [-0.2, 0) is 37.3 Å². The molecule has 7 aromatic carbocycles. The molecule has 3 heterocycles. The minimum Gasteiger partial charge on any atom is -0.493 e. The summed E-state index contributed by atoms with van der Waals surface area (Å²) in [7, 11) is 0. The van der Waals surface area contributed by atoms with Crippen LogP contribution < -0.4 is 14.7 Å². The first-order valence-electron chi connectivity index (χ1n) is 22.3. The van der Waals surface area contributed by atoms with Gasteiger partial charge >= 0.3 is 0 Å². The Kier molecular flexibility index (Phi) is 11.4. The second kappa shape index (κ2) is 16.9. The summed E-state index contributed by atoms with van der Waals surface area (Å²) in [6, 6.07) is 68.6. The number of nitrogens with zero attached hydrogens (tertiary/aromatic N) is 5. The maximum absolute atomic E-state index is 5.03. The van der Waals surface area contributed by atoms with Crippen LogP contribution in [0.3, 0.4) is 0 Å². The second-order valence-electron chi connectivity index (χ2n) is 19.6. The van der Waals surface area contributed by atoms with Gasteiger partial charge in [0, 0.05) is 60.9 Å². The van der Waals surface area contributed by atoms with Gasteiger partial charge in [-0.15, -0.1) is 48.1 Å². The average Bonchev–Trinajstić information content (AvgIpc) is 3.85. The van der Waals surface area contributed by atoms with Crippen LogP contribution in [0.2, 0.25) is 0 Å². The monoisotopic (exact) mass is 1030 g/mol. The molecule has 1 aliphatic heterocycles. The number of anilines is 7. The first-order valence-corrected chi connectivity index (χ1v) is 22.3. The Labute approximate surface area is 399 Å². The summed E-state index contributed by atoms with van der Waals surface area (Å²) in [5.74, 6) is 0.858. The summed E-state index contributed by atoms with van der Waals surface area (Å²) < 4.78 is 2.27. The normalized spacial score (nSPS) is 13.0. The number of hydrogen-bond acceptors (Lipinski definition) is 4. The van der Waals surface area contributed by atoms with Crippen molar-refractivity contribution in [3.8, 4) is 5.82 Å². The van der Waals surface area contributed by atoms with Gasteiger partial charge in [-0.1, -0.05) is 157 Å². The van der Waals surface area contributed by atoms with E-state index < -0.39 is 0 Å². The van der Waals surface area contributed by atoms with Crippen molar-refractivity contribution in [2.24, 2.45) is 0 Å². The average molecular weight is 1030 g/mol. The fourth-order valence-corrected chi connectivity index (χ4v) is 9.03. The Morgan fingerprint density at radius 3 is 1.82 bits per heavy atom. The minimum atomic E-state index is -0.228. The second-order valence-corrected chi connectivity index (χ2v) is 19.6. The van der Waals surface area contributed by atoms with E-state index in [2.05, 4.69) is 263 Å². The molecule has 6 heteroatoms. The first-order chi connectivity index (χ1) is 30.8. The van der Waals surface area contributed by atoms with E-state index in [1.165, 1.54) is 22.3 Å². The minimum absolute atomic E-state index is 0. The van der Waals surface area contributed by atoms with Crippen molar-refractivity contribution < 1.29 is 21.1 Å². The summed E-state index contributed by atoms with van der Waals surface area (Å²) in [4.78, 5) is 11.9. The van der Waals surface area contributed by atoms with E-state index in [4.69, 9.17) is 4.98 Å². The topological polar surface area (TPSA) is 27.5 Å². The quantitative estimate of drug-likeness (QED) is 0.142. The van der Waals surface area contributed by atoms with Crippen LogP contribution in [0.4, 0.5) is 39.8 Å². The third kappa shape index (κ3) is 8.06. The third-order valence-corrected chi connectivity index (χ3v) is 12.8. The van der Waals surface area contributed by atoms with Gasteiger partial charge in [0.25, 0.3) is 0 Å². The van der Waals surface area contributed by atoms with E-state index in [9.17, 15) is 0 Å². The van der Waals surface area contributed by atoms with Gasteiger partial charge < -0.3 is 19.3 Å². The molecule has 9 aromatic rings. The van der Waals surface area contributed by atoms with Crippen molar-refractivity contribution in [1.82, 2.24) is 9.55 Å². The molecule has 0 saturated carbocycles. The van der Waals surface area contributed by atoms with Gasteiger partial charge in [0.1, 0.15) is 5.82 Å². The molecule has 0 unspecified atom stereocenters. The molecule has 0 N–H and O–H groups in total. The molecule has 0 radical (unpaired) electrons. The van der Waals surface area contributed by atoms with Gasteiger partial charge in [-0.3, -0.25) is 0 Å². The Morgan fingerprint density at radius 1 is 0.508 bits per heavy atom. The smallest absolute Gasteiger partial charge is 0.135 e. The van der Waals surface area contributed by atoms with Crippen LogP contribution in [0.25, 0.3) is 27.6 Å². The van der Waals surface area contributed by atoms with Crippen LogP contribution >= 0.6 is 0 Å². The maximum Gasteiger partial charge on any atom is 0.135 e. The summed E-state index contributed by atoms with van der Waals surface area (Å²) in [6.07, 6.45) is 1.94. The van der Waals surface area contributed by atoms with Gasteiger partial charge in [0.2, 0.25) is 0 Å². The molecule has 0 fully saturated rings. The van der Waals surface area contributed by atoms with E-state index in [1.807, 2.05) is 6.20 Å². The molecule has 5 nitrogen and oxygen atoms in total. The molecule has 0 spiro atoms. The summed E-state index contributed by atoms with van der Waals surface area (Å²) in [6.45, 7) is 20.5. The van der Waals surface area contributed by atoms with Crippen molar-refractivity contribution in [3.05, 3.63) is 217 Å². The molecule has 0 saturated heterocycles. The number of pyridine rings is 1. The predicted molar refractivity (Wildman–Crippen MR) is 268 cm³/mol. The summed E-state index contributed by atoms with van der Waals surface area (Å²) in [5.41, 5.74) is 14.0. The summed E-state index contributed by atoms with van der Waals surface area (Å²) >= 11 is 0. The zero-order chi connectivity index (χ0) is 44.4. The SMILES string of the molecule is CC(C)(C)c1cc(N2[CH-]N(c3[c-]c(N(c4[c-]c5c(cc4)c4ccccc4n5-c4cc(C(C)(C)c5ccccc5)ccn4)c4ccccc4)ccc3)c3ccccc32)cc(C(C)(C)C)c1.[Pt]. The first kappa shape index (κ1) is 43.8. The van der Waals surface area contributed by atoms with Gasteiger partial charge in [-0.25, -0.2) is 4.98 Å². The molecule has 0 amide bonds. The maximum atomic E-state index is 5.03. The molecule has 1 aliphatic rings. The van der Waals surface area contributed by atoms with E-state index in [0.29, 0.717) is 0 Å². The van der Waals surface area contributed by atoms with Crippen LogP contribution in [0, 0.1) is 18.8 Å². The Bertz CT molecular complexity index is 3120. The van der Waals surface area contributed by atoms with E-state index in [0.717, 1.165) is 67.4 Å². The van der Waals surface area contributed by atoms with E-state index in [-0.39, 0.29) is 37.3 Å². The molecule has 0 atom stereocenters. The number of aromatic nitrogens is 2. The largest absolute Gasteiger partial charge is 0.493 e. The predicted octanol–water partition coefficient (Wildman–Crippen LogP) is 15.6. The van der Waals surface area contributed by atoms with Crippen LogP contribution in [-0.4, -0.2) is 9.55 Å². The molecule has 328 valence electrons. The van der Waals surface area contributed by atoms with Crippen molar-refractivity contribution in [2.45, 2.75) is 71.6 Å². The van der Waals surface area contributed by atoms with Crippen molar-refractivity contribution in [2.75, 3.05) is 14.7 Å². The molecule has 10 rings (SSSR count). The molecule has 0 aliphatic carbocycles. The fourth-order valence-electron chi connectivity index (χ4n) is 9.03. The van der Waals surface area contributed by atoms with E-state index >= 15 is 0 Å².